The van der Waals surface area contributed by atoms with E-state index in [-0.39, 0.29) is 19.0 Å². The number of imide groups is 1. The van der Waals surface area contributed by atoms with Gasteiger partial charge in [0.2, 0.25) is 5.91 Å². The summed E-state index contributed by atoms with van der Waals surface area (Å²) in [5, 5.41) is 6.10. The first-order chi connectivity index (χ1) is 14.7. The average molecular weight is 434 g/mol. The Morgan fingerprint density at radius 1 is 1.16 bits per heavy atom. The van der Waals surface area contributed by atoms with Crippen LogP contribution in [0, 0.1) is 0 Å². The van der Waals surface area contributed by atoms with Crippen molar-refractivity contribution in [2.24, 2.45) is 0 Å². The zero-order chi connectivity index (χ0) is 22.9. The number of carbonyl (C=O) groups excluding carboxylic acids is 4. The van der Waals surface area contributed by atoms with Crippen molar-refractivity contribution in [1.82, 2.24) is 26.0 Å². The number of likely N-dealkylation sites (N-methyl/N-ethyl adjacent to an activating group) is 1. The number of methoxy groups -OCH3 is 1. The van der Waals surface area contributed by atoms with Gasteiger partial charge in [0, 0.05) is 20.3 Å². The molecule has 0 saturated carbocycles. The van der Waals surface area contributed by atoms with Crippen molar-refractivity contribution < 1.29 is 23.9 Å². The summed E-state index contributed by atoms with van der Waals surface area (Å²) in [5.74, 6) is -1.30. The summed E-state index contributed by atoms with van der Waals surface area (Å²) < 4.78 is 4.91. The number of aryl methyl sites for hydroxylation is 1. The molecule has 31 heavy (non-hydrogen) atoms. The molecule has 10 heteroatoms. The van der Waals surface area contributed by atoms with Crippen molar-refractivity contribution in [3.8, 4) is 0 Å². The van der Waals surface area contributed by atoms with Gasteiger partial charge in [-0.15, -0.1) is 0 Å². The van der Waals surface area contributed by atoms with Crippen molar-refractivity contribution in [3.63, 3.8) is 0 Å². The first kappa shape index (κ1) is 24.3. The van der Waals surface area contributed by atoms with Gasteiger partial charge in [0.25, 0.3) is 11.8 Å². The number of hydrogen-bond donors (Lipinski definition) is 3. The van der Waals surface area contributed by atoms with E-state index in [1.807, 2.05) is 30.3 Å². The van der Waals surface area contributed by atoms with Crippen LogP contribution in [0.2, 0.25) is 0 Å². The van der Waals surface area contributed by atoms with Gasteiger partial charge in [-0.2, -0.15) is 5.01 Å². The van der Waals surface area contributed by atoms with Crippen LogP contribution in [0.15, 0.2) is 30.3 Å². The summed E-state index contributed by atoms with van der Waals surface area (Å²) in [6.45, 7) is 2.53. The Hall–Kier alpha value is -2.98. The predicted molar refractivity (Wildman–Crippen MR) is 114 cm³/mol. The number of amides is 5. The number of rotatable bonds is 12. The first-order valence-electron chi connectivity index (χ1n) is 10.2. The minimum Gasteiger partial charge on any atom is -0.385 e. The molecular formula is C21H31N5O5. The summed E-state index contributed by atoms with van der Waals surface area (Å²) in [6, 6.07) is 8.96. The third-order valence-corrected chi connectivity index (χ3v) is 4.93. The van der Waals surface area contributed by atoms with Crippen LogP contribution in [-0.2, 0) is 25.5 Å². The molecule has 3 N–H and O–H groups in total. The highest BCUT2D eigenvalue weighted by Gasteiger charge is 2.48. The van der Waals surface area contributed by atoms with Crippen LogP contribution in [0.25, 0.3) is 0 Å². The summed E-state index contributed by atoms with van der Waals surface area (Å²) in [5.41, 5.74) is 2.29. The first-order valence-corrected chi connectivity index (χ1v) is 10.2. The maximum absolute atomic E-state index is 12.8. The Balaban J connectivity index is 1.80. The molecule has 1 aromatic rings. The molecule has 10 nitrogen and oxygen atoms in total. The molecule has 1 fully saturated rings. The largest absolute Gasteiger partial charge is 0.385 e. The number of urea groups is 1. The third kappa shape index (κ3) is 7.34. The van der Waals surface area contributed by atoms with Gasteiger partial charge in [0.05, 0.1) is 13.1 Å². The highest BCUT2D eigenvalue weighted by molar-refractivity contribution is 6.07. The second-order valence-electron chi connectivity index (χ2n) is 7.79. The van der Waals surface area contributed by atoms with Crippen LogP contribution in [0.3, 0.4) is 0 Å². The molecule has 1 aliphatic rings. The molecule has 2 rings (SSSR count). The molecule has 1 unspecified atom stereocenters. The molecule has 0 radical (unpaired) electrons. The Kier molecular flexibility index (Phi) is 8.95. The number of hydrazine groups is 1. The fourth-order valence-electron chi connectivity index (χ4n) is 3.20. The Bertz CT molecular complexity index is 788. The monoisotopic (exact) mass is 433 g/mol. The zero-order valence-electron chi connectivity index (χ0n) is 18.3. The van der Waals surface area contributed by atoms with Crippen LogP contribution < -0.4 is 16.1 Å². The molecule has 0 aliphatic carbocycles. The van der Waals surface area contributed by atoms with Gasteiger partial charge in [-0.05, 0) is 38.8 Å². The highest BCUT2D eigenvalue weighted by Crippen LogP contribution is 2.22. The molecule has 1 atom stereocenters. The average Bonchev–Trinajstić information content (AvgIpc) is 2.93. The molecule has 5 amide bonds. The van der Waals surface area contributed by atoms with Crippen molar-refractivity contribution in [1.29, 1.82) is 0 Å². The number of hydrogen-bond acceptors (Lipinski definition) is 6. The predicted octanol–water partition coefficient (Wildman–Crippen LogP) is 0.0454. The lowest BCUT2D eigenvalue weighted by atomic mass is 9.93. The number of carbonyl (C=O) groups is 4. The quantitative estimate of drug-likeness (QED) is 0.316. The van der Waals surface area contributed by atoms with Crippen LogP contribution in [0.4, 0.5) is 4.79 Å². The van der Waals surface area contributed by atoms with E-state index >= 15 is 0 Å². The van der Waals surface area contributed by atoms with Crippen molar-refractivity contribution in [3.05, 3.63) is 35.9 Å². The number of ether oxygens (including phenoxy) is 1. The number of nitrogens with zero attached hydrogens (tertiary/aromatic N) is 2. The van der Waals surface area contributed by atoms with Gasteiger partial charge in [-0.25, -0.2) is 4.79 Å². The summed E-state index contributed by atoms with van der Waals surface area (Å²) in [4.78, 5) is 50.7. The fraction of sp³-hybridized carbons (Fsp3) is 0.524. The summed E-state index contributed by atoms with van der Waals surface area (Å²) >= 11 is 0. The van der Waals surface area contributed by atoms with E-state index in [1.54, 1.807) is 21.1 Å². The second-order valence-corrected chi connectivity index (χ2v) is 7.79. The van der Waals surface area contributed by atoms with Crippen LogP contribution in [0.5, 0.6) is 0 Å². The SMILES string of the molecule is COCCCNC(=O)CN(C)CC(=O)NN1C(=O)NC(C)(CCc2ccccc2)C1=O. The maximum Gasteiger partial charge on any atom is 0.344 e. The Labute approximate surface area is 182 Å². The molecular weight excluding hydrogens is 402 g/mol. The van der Waals surface area contributed by atoms with Gasteiger partial charge in [-0.3, -0.25) is 24.7 Å². The molecule has 1 aromatic carbocycles. The molecule has 0 spiro atoms. The van der Waals surface area contributed by atoms with Gasteiger partial charge in [-0.1, -0.05) is 30.3 Å². The lowest BCUT2D eigenvalue weighted by molar-refractivity contribution is -0.139. The minimum atomic E-state index is -1.10. The second kappa shape index (κ2) is 11.4. The topological polar surface area (TPSA) is 120 Å². The van der Waals surface area contributed by atoms with E-state index in [9.17, 15) is 19.2 Å². The molecule has 1 saturated heterocycles. The van der Waals surface area contributed by atoms with Gasteiger partial charge >= 0.3 is 6.03 Å². The molecule has 170 valence electrons. The summed E-state index contributed by atoms with van der Waals surface area (Å²) in [6.07, 6.45) is 1.70. The van der Waals surface area contributed by atoms with E-state index < -0.39 is 23.4 Å². The summed E-state index contributed by atoms with van der Waals surface area (Å²) in [7, 11) is 3.19. The lowest BCUT2D eigenvalue weighted by Gasteiger charge is -2.22. The van der Waals surface area contributed by atoms with E-state index in [0.717, 1.165) is 5.56 Å². The van der Waals surface area contributed by atoms with Crippen molar-refractivity contribution in [2.75, 3.05) is 40.4 Å². The molecule has 0 bridgehead atoms. The van der Waals surface area contributed by atoms with Crippen molar-refractivity contribution >= 4 is 23.8 Å². The standard InChI is InChI=1S/C21H31N5O5/c1-21(11-10-16-8-5-4-6-9-16)19(29)26(20(30)23-21)24-18(28)15-25(2)14-17(27)22-12-7-13-31-3/h4-6,8-9H,7,10-15H2,1-3H3,(H,22,27)(H,23,30)(H,24,28). The highest BCUT2D eigenvalue weighted by atomic mass is 16.5. The van der Waals surface area contributed by atoms with E-state index in [1.165, 1.54) is 4.90 Å². The Morgan fingerprint density at radius 3 is 2.52 bits per heavy atom. The van der Waals surface area contributed by atoms with Gasteiger partial charge < -0.3 is 15.4 Å². The van der Waals surface area contributed by atoms with E-state index in [0.29, 0.717) is 37.4 Å². The maximum atomic E-state index is 12.8. The van der Waals surface area contributed by atoms with E-state index in [2.05, 4.69) is 16.1 Å². The molecule has 1 heterocycles. The van der Waals surface area contributed by atoms with Gasteiger partial charge in [0.15, 0.2) is 0 Å². The van der Waals surface area contributed by atoms with Crippen molar-refractivity contribution in [2.45, 2.75) is 31.7 Å². The minimum absolute atomic E-state index is 0.00926. The van der Waals surface area contributed by atoms with Gasteiger partial charge in [0.1, 0.15) is 5.54 Å². The molecule has 1 aliphatic heterocycles. The fourth-order valence-corrected chi connectivity index (χ4v) is 3.20. The molecule has 0 aromatic heterocycles. The number of nitrogens with one attached hydrogen (secondary N) is 3. The zero-order valence-corrected chi connectivity index (χ0v) is 18.3. The lowest BCUT2D eigenvalue weighted by Crippen LogP contribution is -2.51. The van der Waals surface area contributed by atoms with Crippen LogP contribution in [0.1, 0.15) is 25.3 Å². The van der Waals surface area contributed by atoms with Crippen LogP contribution >= 0.6 is 0 Å². The smallest absolute Gasteiger partial charge is 0.344 e. The number of benzene rings is 1. The third-order valence-electron chi connectivity index (χ3n) is 4.93. The normalized spacial score (nSPS) is 18.3. The Morgan fingerprint density at radius 2 is 1.84 bits per heavy atom. The van der Waals surface area contributed by atoms with Crippen LogP contribution in [-0.4, -0.2) is 79.6 Å². The van der Waals surface area contributed by atoms with E-state index in [4.69, 9.17) is 4.74 Å².